The number of nitro groups is 1. The molecule has 35 heavy (non-hydrogen) atoms. The third kappa shape index (κ3) is 6.45. The third-order valence-corrected chi connectivity index (χ3v) is 4.80. The molecule has 0 aliphatic heterocycles. The van der Waals surface area contributed by atoms with E-state index in [1.54, 1.807) is 6.92 Å². The molecule has 0 fully saturated rings. The van der Waals surface area contributed by atoms with E-state index in [1.165, 1.54) is 54.6 Å². The number of nitrogens with zero attached hydrogens (tertiary/aromatic N) is 2. The van der Waals surface area contributed by atoms with Gasteiger partial charge in [-0.15, -0.1) is 0 Å². The van der Waals surface area contributed by atoms with E-state index in [0.29, 0.717) is 11.3 Å². The summed E-state index contributed by atoms with van der Waals surface area (Å²) in [5.74, 6) is -3.54. The highest BCUT2D eigenvalue weighted by atomic mass is 35.5. The van der Waals surface area contributed by atoms with Crippen LogP contribution in [-0.2, 0) is 9.59 Å². The van der Waals surface area contributed by atoms with Crippen molar-refractivity contribution in [1.29, 1.82) is 0 Å². The van der Waals surface area contributed by atoms with Gasteiger partial charge in [-0.25, -0.2) is 14.6 Å². The van der Waals surface area contributed by atoms with E-state index in [2.05, 4.69) is 15.8 Å². The Hall–Kier alpha value is -4.64. The largest absolute Gasteiger partial charge is 0.423 e. The molecule has 2 N–H and O–H groups in total. The summed E-state index contributed by atoms with van der Waals surface area (Å²) >= 11 is 5.63. The van der Waals surface area contributed by atoms with Gasteiger partial charge in [-0.3, -0.25) is 19.7 Å². The molecule has 0 aliphatic carbocycles. The Morgan fingerprint density at radius 3 is 2.37 bits per heavy atom. The van der Waals surface area contributed by atoms with Gasteiger partial charge < -0.3 is 10.1 Å². The molecule has 3 aromatic carbocycles. The zero-order chi connectivity index (χ0) is 25.5. The Balaban J connectivity index is 1.60. The third-order valence-electron chi connectivity index (χ3n) is 4.51. The van der Waals surface area contributed by atoms with Crippen LogP contribution in [0.3, 0.4) is 0 Å². The van der Waals surface area contributed by atoms with Crippen LogP contribution in [0.1, 0.15) is 22.8 Å². The lowest BCUT2D eigenvalue weighted by atomic mass is 10.1. The lowest BCUT2D eigenvalue weighted by Crippen LogP contribution is -2.32. The molecular weight excluding hydrogens is 483 g/mol. The number of amides is 2. The van der Waals surface area contributed by atoms with Gasteiger partial charge in [0.05, 0.1) is 15.7 Å². The van der Waals surface area contributed by atoms with Crippen molar-refractivity contribution in [2.75, 3.05) is 5.32 Å². The number of anilines is 1. The molecule has 178 valence electrons. The van der Waals surface area contributed by atoms with Crippen LogP contribution in [0.4, 0.5) is 15.8 Å². The second kappa shape index (κ2) is 11.0. The molecule has 0 spiro atoms. The van der Waals surface area contributed by atoms with E-state index in [4.69, 9.17) is 16.3 Å². The number of hydrogen-bond donors (Lipinski definition) is 2. The maximum Gasteiger partial charge on any atom is 0.350 e. The molecule has 0 radical (unpaired) electrons. The van der Waals surface area contributed by atoms with E-state index in [1.807, 2.05) is 0 Å². The van der Waals surface area contributed by atoms with Crippen LogP contribution in [0.2, 0.25) is 5.02 Å². The van der Waals surface area contributed by atoms with Crippen LogP contribution >= 0.6 is 11.6 Å². The summed E-state index contributed by atoms with van der Waals surface area (Å²) in [6, 6.07) is 14.8. The van der Waals surface area contributed by atoms with Crippen LogP contribution in [0.25, 0.3) is 0 Å². The molecule has 0 bridgehead atoms. The van der Waals surface area contributed by atoms with Gasteiger partial charge in [-0.1, -0.05) is 23.7 Å². The Kier molecular flexibility index (Phi) is 7.85. The predicted molar refractivity (Wildman–Crippen MR) is 125 cm³/mol. The Morgan fingerprint density at radius 1 is 1.03 bits per heavy atom. The quantitative estimate of drug-likeness (QED) is 0.131. The van der Waals surface area contributed by atoms with Crippen LogP contribution in [0, 0.1) is 15.9 Å². The van der Waals surface area contributed by atoms with E-state index < -0.39 is 28.5 Å². The summed E-state index contributed by atoms with van der Waals surface area (Å²) < 4.78 is 18.4. The number of esters is 1. The van der Waals surface area contributed by atoms with Crippen LogP contribution in [0.15, 0.2) is 71.8 Å². The summed E-state index contributed by atoms with van der Waals surface area (Å²) in [5.41, 5.74) is 2.51. The van der Waals surface area contributed by atoms with Crippen molar-refractivity contribution in [3.63, 3.8) is 0 Å². The zero-order valence-corrected chi connectivity index (χ0v) is 18.7. The van der Waals surface area contributed by atoms with Gasteiger partial charge in [0, 0.05) is 11.8 Å². The molecule has 0 aliphatic rings. The summed E-state index contributed by atoms with van der Waals surface area (Å²) in [7, 11) is 0. The average molecular weight is 499 g/mol. The molecule has 0 atom stereocenters. The van der Waals surface area contributed by atoms with Crippen LogP contribution in [0.5, 0.6) is 5.75 Å². The van der Waals surface area contributed by atoms with Gasteiger partial charge >= 0.3 is 17.8 Å². The van der Waals surface area contributed by atoms with Gasteiger partial charge in [0.25, 0.3) is 5.69 Å². The predicted octanol–water partition coefficient (Wildman–Crippen LogP) is 4.09. The number of halogens is 2. The molecule has 10 nitrogen and oxygen atoms in total. The fourth-order valence-corrected chi connectivity index (χ4v) is 2.92. The Morgan fingerprint density at radius 2 is 1.71 bits per heavy atom. The molecular formula is C23H16ClFN4O6. The second-order valence-electron chi connectivity index (χ2n) is 6.91. The molecule has 0 saturated heterocycles. The molecule has 3 aromatic rings. The normalized spacial score (nSPS) is 10.9. The summed E-state index contributed by atoms with van der Waals surface area (Å²) in [6.07, 6.45) is 0. The molecule has 0 saturated carbocycles. The van der Waals surface area contributed by atoms with Gasteiger partial charge in [-0.2, -0.15) is 5.10 Å². The molecule has 3 rings (SSSR count). The van der Waals surface area contributed by atoms with Gasteiger partial charge in [-0.05, 0) is 61.0 Å². The number of para-hydroxylation sites is 1. The molecule has 12 heteroatoms. The zero-order valence-electron chi connectivity index (χ0n) is 18.0. The Labute approximate surface area is 202 Å². The highest BCUT2D eigenvalue weighted by Gasteiger charge is 2.21. The molecule has 0 heterocycles. The van der Waals surface area contributed by atoms with Crippen molar-refractivity contribution < 1.29 is 28.4 Å². The minimum atomic E-state index is -1.07. The van der Waals surface area contributed by atoms with Crippen molar-refractivity contribution in [3.05, 3.63) is 98.8 Å². The monoisotopic (exact) mass is 498 g/mol. The number of nitro benzene ring substituents is 1. The van der Waals surface area contributed by atoms with Crippen molar-refractivity contribution >= 4 is 46.5 Å². The highest BCUT2D eigenvalue weighted by Crippen LogP contribution is 2.21. The van der Waals surface area contributed by atoms with Crippen LogP contribution in [-0.4, -0.2) is 28.4 Å². The first kappa shape index (κ1) is 25.0. The van der Waals surface area contributed by atoms with Crippen molar-refractivity contribution in [3.8, 4) is 5.75 Å². The number of carbonyl (C=O) groups excluding carboxylic acids is 3. The summed E-state index contributed by atoms with van der Waals surface area (Å²) in [5, 5.41) is 17.0. The Bertz CT molecular complexity index is 1340. The molecule has 2 amide bonds. The standard InChI is InChI=1S/C23H16ClFN4O6/c1-13(27-28-22(31)21(30)26-15-8-11-19(25)18(24)12-15)14-6-9-16(10-7-14)35-23(32)17-4-2-3-5-20(17)29(33)34/h2-12H,1H3,(H,26,30)(H,28,31)/b27-13+. The molecule has 0 unspecified atom stereocenters. The fraction of sp³-hybridized carbons (Fsp3) is 0.0435. The van der Waals surface area contributed by atoms with Gasteiger partial charge in [0.15, 0.2) is 0 Å². The minimum Gasteiger partial charge on any atom is -0.423 e. The smallest absolute Gasteiger partial charge is 0.350 e. The first-order valence-electron chi connectivity index (χ1n) is 9.82. The number of hydrogen-bond acceptors (Lipinski definition) is 7. The number of carbonyl (C=O) groups is 3. The number of nitrogens with one attached hydrogen (secondary N) is 2. The number of rotatable bonds is 6. The summed E-state index contributed by atoms with van der Waals surface area (Å²) in [6.45, 7) is 1.56. The first-order chi connectivity index (χ1) is 16.7. The van der Waals surface area contributed by atoms with Crippen molar-refractivity contribution in [2.45, 2.75) is 6.92 Å². The number of hydrazone groups is 1. The summed E-state index contributed by atoms with van der Waals surface area (Å²) in [4.78, 5) is 46.7. The average Bonchev–Trinajstić information content (AvgIpc) is 2.84. The van der Waals surface area contributed by atoms with Gasteiger partial charge in [0.1, 0.15) is 17.1 Å². The maximum atomic E-state index is 13.2. The second-order valence-corrected chi connectivity index (χ2v) is 7.32. The lowest BCUT2D eigenvalue weighted by molar-refractivity contribution is -0.385. The number of ether oxygens (including phenoxy) is 1. The minimum absolute atomic E-state index is 0.128. The fourth-order valence-electron chi connectivity index (χ4n) is 2.74. The van der Waals surface area contributed by atoms with E-state index in [-0.39, 0.29) is 27.7 Å². The number of benzene rings is 3. The molecule has 0 aromatic heterocycles. The highest BCUT2D eigenvalue weighted by molar-refractivity contribution is 6.40. The van der Waals surface area contributed by atoms with E-state index in [0.717, 1.165) is 12.1 Å². The first-order valence-corrected chi connectivity index (χ1v) is 10.2. The van der Waals surface area contributed by atoms with Gasteiger partial charge in [0.2, 0.25) is 0 Å². The van der Waals surface area contributed by atoms with E-state index in [9.17, 15) is 28.9 Å². The maximum absolute atomic E-state index is 13.2. The van der Waals surface area contributed by atoms with E-state index >= 15 is 0 Å². The van der Waals surface area contributed by atoms with Crippen molar-refractivity contribution in [1.82, 2.24) is 5.43 Å². The lowest BCUT2D eigenvalue weighted by Gasteiger charge is -2.07. The van der Waals surface area contributed by atoms with Crippen molar-refractivity contribution in [2.24, 2.45) is 5.10 Å². The van der Waals surface area contributed by atoms with Crippen LogP contribution < -0.4 is 15.5 Å². The SMILES string of the molecule is C/C(=N\NC(=O)C(=O)Nc1ccc(F)c(Cl)c1)c1ccc(OC(=O)c2ccccc2[N+](=O)[O-])cc1. The topological polar surface area (TPSA) is 140 Å².